The third-order valence-electron chi connectivity index (χ3n) is 13.0. The molecule has 274 valence electrons. The number of aromatic nitrogens is 2. The zero-order chi connectivity index (χ0) is 39.1. The molecule has 2 aromatic heterocycles. The Kier molecular flexibility index (Phi) is 6.92. The van der Waals surface area contributed by atoms with Crippen molar-refractivity contribution in [3.05, 3.63) is 163 Å². The molecule has 0 radical (unpaired) electrons. The van der Waals surface area contributed by atoms with Crippen LogP contribution < -0.4 is 16.4 Å². The van der Waals surface area contributed by atoms with Gasteiger partial charge in [0.05, 0.1) is 11.0 Å². The second kappa shape index (κ2) is 11.6. The van der Waals surface area contributed by atoms with Crippen LogP contribution in [0.3, 0.4) is 0 Å². The van der Waals surface area contributed by atoms with Crippen LogP contribution in [0.2, 0.25) is 0 Å². The van der Waals surface area contributed by atoms with E-state index >= 15 is 0 Å². The predicted octanol–water partition coefficient (Wildman–Crippen LogP) is 12.2. The normalized spacial score (nSPS) is 13.2. The fourth-order valence-electron chi connectivity index (χ4n) is 9.94. The molecule has 0 saturated heterocycles. The molecular formula is C54H45BN2. The Labute approximate surface area is 335 Å². The van der Waals surface area contributed by atoms with Crippen molar-refractivity contribution in [2.75, 3.05) is 0 Å². The first-order valence-electron chi connectivity index (χ1n) is 20.3. The highest BCUT2D eigenvalue weighted by atomic mass is 15.0. The molecule has 9 aromatic rings. The van der Waals surface area contributed by atoms with Gasteiger partial charge in [-0.25, -0.2) is 0 Å². The van der Waals surface area contributed by atoms with Crippen molar-refractivity contribution in [1.82, 2.24) is 9.13 Å². The van der Waals surface area contributed by atoms with Gasteiger partial charge in [0.1, 0.15) is 0 Å². The summed E-state index contributed by atoms with van der Waals surface area (Å²) >= 11 is 0. The van der Waals surface area contributed by atoms with E-state index in [0.29, 0.717) is 0 Å². The van der Waals surface area contributed by atoms with Crippen LogP contribution in [0.15, 0.2) is 141 Å². The largest absolute Gasteiger partial charge is 0.310 e. The molecule has 2 nitrogen and oxygen atoms in total. The predicted molar refractivity (Wildman–Crippen MR) is 248 cm³/mol. The average molecular weight is 733 g/mol. The summed E-state index contributed by atoms with van der Waals surface area (Å²) in [6.07, 6.45) is 3.83. The zero-order valence-corrected chi connectivity index (χ0v) is 33.7. The molecular weight excluding hydrogens is 687 g/mol. The fourth-order valence-corrected chi connectivity index (χ4v) is 9.94. The van der Waals surface area contributed by atoms with Crippen molar-refractivity contribution in [2.24, 2.45) is 0 Å². The van der Waals surface area contributed by atoms with Gasteiger partial charge in [0.15, 0.2) is 0 Å². The maximum Gasteiger partial charge on any atom is 0.252 e. The molecule has 2 aliphatic heterocycles. The molecule has 11 rings (SSSR count). The van der Waals surface area contributed by atoms with Gasteiger partial charge in [-0.15, -0.1) is 0 Å². The standard InChI is InChI=1S/C54H45BN2/c1-9-32-14-18-34(19-15-32)36-22-24-40-41-30-38(54(6,7)8)31-44-51(41)57(48(40)28-36)47-13-11-12-46-50(47)55(44)43-26-25-39(35-20-16-33(10-2)17-21-35)49-42-29-37(53(3,4)5)23-27-45(42)56(46)52(43)49/h9-31H,1-2H2,3-8H3. The van der Waals surface area contributed by atoms with Gasteiger partial charge in [-0.3, -0.25) is 0 Å². The quantitative estimate of drug-likeness (QED) is 0.160. The SMILES string of the molecule is C=Cc1ccc(-c2ccc3c4cc(C(C)(C)C)cc5c4n(c3c2)-c2cccc3c2B5c2ccc(-c4ccc(C=C)cc4)c4c5cc(C(C)(C)C)ccc5n-3c24)cc1. The van der Waals surface area contributed by atoms with Crippen LogP contribution >= 0.6 is 0 Å². The summed E-state index contributed by atoms with van der Waals surface area (Å²) in [6.45, 7) is 22.1. The minimum absolute atomic E-state index is 0.0127. The zero-order valence-electron chi connectivity index (χ0n) is 33.7. The highest BCUT2D eigenvalue weighted by Crippen LogP contribution is 2.44. The van der Waals surface area contributed by atoms with Gasteiger partial charge in [0, 0.05) is 44.0 Å². The van der Waals surface area contributed by atoms with E-state index in [4.69, 9.17) is 0 Å². The summed E-state index contributed by atoms with van der Waals surface area (Å²) in [6, 6.07) is 48.8. The molecule has 0 amide bonds. The maximum atomic E-state index is 4.03. The smallest absolute Gasteiger partial charge is 0.252 e. The van der Waals surface area contributed by atoms with Crippen molar-refractivity contribution in [3.8, 4) is 33.6 Å². The Morgan fingerprint density at radius 2 is 1.11 bits per heavy atom. The van der Waals surface area contributed by atoms with Crippen molar-refractivity contribution in [2.45, 2.75) is 52.4 Å². The maximum absolute atomic E-state index is 4.03. The van der Waals surface area contributed by atoms with Gasteiger partial charge in [-0.05, 0) is 108 Å². The lowest BCUT2D eigenvalue weighted by molar-refractivity contribution is 0.591. The molecule has 4 heterocycles. The van der Waals surface area contributed by atoms with E-state index < -0.39 is 0 Å². The number of hydrogen-bond acceptors (Lipinski definition) is 0. The van der Waals surface area contributed by atoms with Gasteiger partial charge in [-0.2, -0.15) is 0 Å². The van der Waals surface area contributed by atoms with Crippen molar-refractivity contribution in [3.63, 3.8) is 0 Å². The minimum Gasteiger partial charge on any atom is -0.310 e. The number of benzene rings is 7. The first-order valence-corrected chi connectivity index (χ1v) is 20.3. The topological polar surface area (TPSA) is 9.86 Å². The lowest BCUT2D eigenvalue weighted by Gasteiger charge is -2.34. The summed E-state index contributed by atoms with van der Waals surface area (Å²) in [7, 11) is 0. The molecule has 0 saturated carbocycles. The summed E-state index contributed by atoms with van der Waals surface area (Å²) in [5.74, 6) is 0. The molecule has 0 aliphatic carbocycles. The average Bonchev–Trinajstić information content (AvgIpc) is 3.74. The highest BCUT2D eigenvalue weighted by molar-refractivity contribution is 7.00. The van der Waals surface area contributed by atoms with Crippen LogP contribution in [0.25, 0.3) is 89.4 Å². The molecule has 3 heteroatoms. The summed E-state index contributed by atoms with van der Waals surface area (Å²) in [5.41, 5.74) is 21.7. The fraction of sp³-hybridized carbons (Fsp3) is 0.148. The molecule has 57 heavy (non-hydrogen) atoms. The molecule has 0 spiro atoms. The van der Waals surface area contributed by atoms with E-state index in [1.807, 2.05) is 12.2 Å². The van der Waals surface area contributed by atoms with E-state index in [1.54, 1.807) is 0 Å². The van der Waals surface area contributed by atoms with Crippen LogP contribution in [-0.2, 0) is 10.8 Å². The third-order valence-corrected chi connectivity index (χ3v) is 13.0. The van der Waals surface area contributed by atoms with E-state index in [0.717, 1.165) is 11.1 Å². The van der Waals surface area contributed by atoms with Crippen LogP contribution in [0, 0.1) is 0 Å². The first-order chi connectivity index (χ1) is 27.4. The Hall–Kier alpha value is -6.32. The molecule has 0 bridgehead atoms. The second-order valence-corrected chi connectivity index (χ2v) is 18.3. The summed E-state index contributed by atoms with van der Waals surface area (Å²) in [4.78, 5) is 0. The minimum atomic E-state index is -0.0323. The summed E-state index contributed by atoms with van der Waals surface area (Å²) < 4.78 is 5.18. The molecule has 0 atom stereocenters. The van der Waals surface area contributed by atoms with E-state index in [1.165, 1.54) is 105 Å². The molecule has 2 aliphatic rings. The lowest BCUT2D eigenvalue weighted by Crippen LogP contribution is -2.59. The third kappa shape index (κ3) is 4.72. The van der Waals surface area contributed by atoms with E-state index in [9.17, 15) is 0 Å². The van der Waals surface area contributed by atoms with Gasteiger partial charge < -0.3 is 9.13 Å². The van der Waals surface area contributed by atoms with Crippen LogP contribution in [0.1, 0.15) is 63.8 Å². The summed E-state index contributed by atoms with van der Waals surface area (Å²) in [5, 5.41) is 5.26. The molecule has 0 unspecified atom stereocenters. The molecule has 0 fully saturated rings. The number of hydrogen-bond donors (Lipinski definition) is 0. The molecule has 0 N–H and O–H groups in total. The Bertz CT molecular complexity index is 3210. The lowest BCUT2D eigenvalue weighted by atomic mass is 9.34. The Morgan fingerprint density at radius 1 is 0.491 bits per heavy atom. The van der Waals surface area contributed by atoms with Gasteiger partial charge >= 0.3 is 0 Å². The number of rotatable bonds is 4. The Balaban J connectivity index is 1.28. The van der Waals surface area contributed by atoms with Crippen LogP contribution in [0.5, 0.6) is 0 Å². The van der Waals surface area contributed by atoms with E-state index in [-0.39, 0.29) is 17.5 Å². The van der Waals surface area contributed by atoms with Crippen molar-refractivity contribution < 1.29 is 0 Å². The van der Waals surface area contributed by atoms with E-state index in [2.05, 4.69) is 191 Å². The van der Waals surface area contributed by atoms with Crippen molar-refractivity contribution in [1.29, 1.82) is 0 Å². The van der Waals surface area contributed by atoms with Gasteiger partial charge in [-0.1, -0.05) is 158 Å². The van der Waals surface area contributed by atoms with Gasteiger partial charge in [0.25, 0.3) is 6.71 Å². The first kappa shape index (κ1) is 34.0. The van der Waals surface area contributed by atoms with Crippen molar-refractivity contribution >= 4 is 78.9 Å². The Morgan fingerprint density at radius 3 is 1.75 bits per heavy atom. The number of nitrogens with zero attached hydrogens (tertiary/aromatic N) is 2. The monoisotopic (exact) mass is 732 g/mol. The number of fused-ring (bicyclic) bond motifs is 10. The highest BCUT2D eigenvalue weighted by Gasteiger charge is 2.42. The van der Waals surface area contributed by atoms with Crippen LogP contribution in [-0.4, -0.2) is 15.8 Å². The van der Waals surface area contributed by atoms with Crippen LogP contribution in [0.4, 0.5) is 0 Å². The second-order valence-electron chi connectivity index (χ2n) is 18.3. The van der Waals surface area contributed by atoms with Gasteiger partial charge in [0.2, 0.25) is 0 Å². The molecule has 7 aromatic carbocycles.